The smallest absolute Gasteiger partial charge is 0.191 e. The van der Waals surface area contributed by atoms with Crippen molar-refractivity contribution < 1.29 is 4.42 Å². The zero-order valence-electron chi connectivity index (χ0n) is 7.87. The average molecular weight is 207 g/mol. The van der Waals surface area contributed by atoms with Crippen LogP contribution in [0.25, 0.3) is 11.5 Å². The molecule has 0 bridgehead atoms. The molecule has 0 aliphatic carbocycles. The lowest BCUT2D eigenvalue weighted by Crippen LogP contribution is -1.92. The van der Waals surface area contributed by atoms with Crippen molar-refractivity contribution in [2.24, 2.45) is 0 Å². The van der Waals surface area contributed by atoms with Crippen molar-refractivity contribution in [3.8, 4) is 11.5 Å². The highest BCUT2D eigenvalue weighted by atomic mass is 32.1. The summed E-state index contributed by atoms with van der Waals surface area (Å²) in [6.07, 6.45) is 1.56. The lowest BCUT2D eigenvalue weighted by atomic mass is 10.4. The van der Waals surface area contributed by atoms with Crippen LogP contribution in [0.2, 0.25) is 0 Å². The van der Waals surface area contributed by atoms with Crippen LogP contribution in [-0.2, 0) is 0 Å². The molecule has 1 N–H and O–H groups in total. The second-order valence-corrected chi connectivity index (χ2v) is 3.42. The van der Waals surface area contributed by atoms with E-state index in [2.05, 4.69) is 15.0 Å². The summed E-state index contributed by atoms with van der Waals surface area (Å²) in [5, 5.41) is 0. The van der Waals surface area contributed by atoms with E-state index >= 15 is 0 Å². The number of nitrogens with zero attached hydrogens (tertiary/aromatic N) is 2. The monoisotopic (exact) mass is 207 g/mol. The molecular formula is C9H9N3OS. The number of rotatable bonds is 1. The second-order valence-electron chi connectivity index (χ2n) is 3.00. The van der Waals surface area contributed by atoms with Crippen LogP contribution in [0.1, 0.15) is 11.6 Å². The van der Waals surface area contributed by atoms with Crippen molar-refractivity contribution in [3.05, 3.63) is 28.6 Å². The van der Waals surface area contributed by atoms with Crippen LogP contribution in [0.5, 0.6) is 0 Å². The van der Waals surface area contributed by atoms with Gasteiger partial charge in [-0.3, -0.25) is 0 Å². The molecule has 0 aliphatic rings. The highest BCUT2D eigenvalue weighted by Crippen LogP contribution is 2.13. The highest BCUT2D eigenvalue weighted by molar-refractivity contribution is 7.71. The van der Waals surface area contributed by atoms with Crippen LogP contribution in [0.15, 0.2) is 16.7 Å². The first-order valence-corrected chi connectivity index (χ1v) is 4.56. The van der Waals surface area contributed by atoms with Gasteiger partial charge in [0.1, 0.15) is 16.6 Å². The molecular weight excluding hydrogens is 198 g/mol. The maximum absolute atomic E-state index is 5.09. The Hall–Kier alpha value is -1.49. The largest absolute Gasteiger partial charge is 0.449 e. The Kier molecular flexibility index (Phi) is 2.17. The van der Waals surface area contributed by atoms with Crippen molar-refractivity contribution in [2.75, 3.05) is 0 Å². The van der Waals surface area contributed by atoms with Crippen LogP contribution < -0.4 is 0 Å². The van der Waals surface area contributed by atoms with Crippen molar-refractivity contribution in [1.29, 1.82) is 0 Å². The lowest BCUT2D eigenvalue weighted by Gasteiger charge is -1.97. The fourth-order valence-electron chi connectivity index (χ4n) is 1.17. The first-order chi connectivity index (χ1) is 6.65. The van der Waals surface area contributed by atoms with E-state index < -0.39 is 0 Å². The van der Waals surface area contributed by atoms with E-state index in [1.54, 1.807) is 19.3 Å². The first-order valence-electron chi connectivity index (χ1n) is 4.15. The molecule has 0 saturated heterocycles. The van der Waals surface area contributed by atoms with Gasteiger partial charge in [0, 0.05) is 12.6 Å². The molecule has 0 aromatic carbocycles. The Bertz CT molecular complexity index is 515. The molecule has 72 valence electrons. The first kappa shape index (κ1) is 9.08. The molecule has 5 heteroatoms. The molecule has 0 aliphatic heterocycles. The van der Waals surface area contributed by atoms with E-state index in [0.717, 1.165) is 5.69 Å². The van der Waals surface area contributed by atoms with Crippen LogP contribution in [-0.4, -0.2) is 15.0 Å². The van der Waals surface area contributed by atoms with Gasteiger partial charge in [0.15, 0.2) is 11.7 Å². The topological polar surface area (TPSA) is 54.7 Å². The molecule has 2 aromatic heterocycles. The van der Waals surface area contributed by atoms with E-state index in [4.69, 9.17) is 16.6 Å². The molecule has 0 atom stereocenters. The summed E-state index contributed by atoms with van der Waals surface area (Å²) in [5.74, 6) is 1.26. The fourth-order valence-corrected chi connectivity index (χ4v) is 1.44. The van der Waals surface area contributed by atoms with Gasteiger partial charge in [0.05, 0.1) is 0 Å². The van der Waals surface area contributed by atoms with Gasteiger partial charge in [-0.25, -0.2) is 9.97 Å². The molecule has 14 heavy (non-hydrogen) atoms. The molecule has 0 spiro atoms. The number of hydrogen-bond donors (Lipinski definition) is 1. The van der Waals surface area contributed by atoms with Crippen LogP contribution in [0.3, 0.4) is 0 Å². The van der Waals surface area contributed by atoms with E-state index in [9.17, 15) is 0 Å². The van der Waals surface area contributed by atoms with Gasteiger partial charge in [0.25, 0.3) is 0 Å². The minimum absolute atomic E-state index is 0.553. The Morgan fingerprint density at radius 1 is 1.36 bits per heavy atom. The van der Waals surface area contributed by atoms with Gasteiger partial charge in [-0.15, -0.1) is 0 Å². The maximum Gasteiger partial charge on any atom is 0.191 e. The number of oxazole rings is 1. The Balaban J connectivity index is 2.56. The molecule has 2 rings (SSSR count). The zero-order chi connectivity index (χ0) is 10.1. The molecule has 0 amide bonds. The van der Waals surface area contributed by atoms with Gasteiger partial charge < -0.3 is 9.40 Å². The van der Waals surface area contributed by atoms with Gasteiger partial charge >= 0.3 is 0 Å². The summed E-state index contributed by atoms with van der Waals surface area (Å²) >= 11 is 5.00. The number of aromatic amines is 1. The number of nitrogens with one attached hydrogen (secondary N) is 1. The quantitative estimate of drug-likeness (QED) is 0.729. The summed E-state index contributed by atoms with van der Waals surface area (Å²) in [4.78, 5) is 11.4. The fraction of sp³-hybridized carbons (Fsp3) is 0.222. The summed E-state index contributed by atoms with van der Waals surface area (Å²) in [7, 11) is 0. The summed E-state index contributed by atoms with van der Waals surface area (Å²) in [5.41, 5.74) is 1.64. The van der Waals surface area contributed by atoms with Gasteiger partial charge in [0.2, 0.25) is 0 Å². The predicted octanol–water partition coefficient (Wildman–Crippen LogP) is 2.41. The van der Waals surface area contributed by atoms with Crippen molar-refractivity contribution in [1.82, 2.24) is 15.0 Å². The predicted molar refractivity (Wildman–Crippen MR) is 54.4 cm³/mol. The molecule has 0 fully saturated rings. The SMILES string of the molecule is Cc1cc(=S)nc(-c2coc(C)n2)[nH]1. The van der Waals surface area contributed by atoms with E-state index in [0.29, 0.717) is 22.0 Å². The van der Waals surface area contributed by atoms with Crippen LogP contribution in [0, 0.1) is 18.5 Å². The van der Waals surface area contributed by atoms with E-state index in [1.165, 1.54) is 0 Å². The Labute approximate surface area is 86.0 Å². The molecule has 0 radical (unpaired) electrons. The third kappa shape index (κ3) is 1.72. The van der Waals surface area contributed by atoms with Gasteiger partial charge in [-0.2, -0.15) is 0 Å². The third-order valence-electron chi connectivity index (χ3n) is 1.74. The highest BCUT2D eigenvalue weighted by Gasteiger charge is 2.05. The van der Waals surface area contributed by atoms with Crippen LogP contribution >= 0.6 is 12.2 Å². The number of aromatic nitrogens is 3. The minimum atomic E-state index is 0.553. The standard InChI is InChI=1S/C9H9N3OS/c1-5-3-8(14)12-9(10-5)7-4-13-6(2)11-7/h3-4H,1-2H3,(H,10,12,14). The molecule has 2 heterocycles. The summed E-state index contributed by atoms with van der Waals surface area (Å²) in [6, 6.07) is 1.80. The van der Waals surface area contributed by atoms with Crippen molar-refractivity contribution >= 4 is 12.2 Å². The lowest BCUT2D eigenvalue weighted by molar-refractivity contribution is 0.521. The van der Waals surface area contributed by atoms with Crippen molar-refractivity contribution in [2.45, 2.75) is 13.8 Å². The summed E-state index contributed by atoms with van der Waals surface area (Å²) in [6.45, 7) is 3.71. The van der Waals surface area contributed by atoms with Gasteiger partial charge in [-0.1, -0.05) is 12.2 Å². The average Bonchev–Trinajstić information content (AvgIpc) is 2.50. The Morgan fingerprint density at radius 2 is 2.14 bits per heavy atom. The maximum atomic E-state index is 5.09. The normalized spacial score (nSPS) is 10.4. The molecule has 0 saturated carbocycles. The van der Waals surface area contributed by atoms with Gasteiger partial charge in [-0.05, 0) is 13.0 Å². The zero-order valence-corrected chi connectivity index (χ0v) is 8.68. The third-order valence-corrected chi connectivity index (χ3v) is 1.95. The second kappa shape index (κ2) is 3.34. The molecule has 0 unspecified atom stereocenters. The van der Waals surface area contributed by atoms with E-state index in [1.807, 2.05) is 6.92 Å². The molecule has 4 nitrogen and oxygen atoms in total. The number of aryl methyl sites for hydroxylation is 2. The number of H-pyrrole nitrogens is 1. The van der Waals surface area contributed by atoms with E-state index in [-0.39, 0.29) is 0 Å². The Morgan fingerprint density at radius 3 is 2.71 bits per heavy atom. The van der Waals surface area contributed by atoms with Crippen molar-refractivity contribution in [3.63, 3.8) is 0 Å². The summed E-state index contributed by atoms with van der Waals surface area (Å²) < 4.78 is 5.65. The van der Waals surface area contributed by atoms with Crippen LogP contribution in [0.4, 0.5) is 0 Å². The number of hydrogen-bond acceptors (Lipinski definition) is 4. The molecule has 2 aromatic rings. The minimum Gasteiger partial charge on any atom is -0.449 e.